The van der Waals surface area contributed by atoms with Gasteiger partial charge in [0, 0.05) is 13.1 Å². The van der Waals surface area contributed by atoms with Gasteiger partial charge in [-0.25, -0.2) is 4.79 Å². The van der Waals surface area contributed by atoms with E-state index in [1.54, 1.807) is 0 Å². The fourth-order valence-electron chi connectivity index (χ4n) is 1.74. The van der Waals surface area contributed by atoms with E-state index in [2.05, 4.69) is 15.5 Å². The Labute approximate surface area is 95.0 Å². The van der Waals surface area contributed by atoms with Crippen LogP contribution in [0.5, 0.6) is 0 Å². The number of aliphatic carboxylic acids is 1. The van der Waals surface area contributed by atoms with Crippen LogP contribution in [0.1, 0.15) is 13.3 Å². The van der Waals surface area contributed by atoms with Gasteiger partial charge >= 0.3 is 12.0 Å². The summed E-state index contributed by atoms with van der Waals surface area (Å²) in [6, 6.07) is -1.27. The summed E-state index contributed by atoms with van der Waals surface area (Å²) in [4.78, 5) is 24.0. The van der Waals surface area contributed by atoms with Crippen molar-refractivity contribution in [3.63, 3.8) is 0 Å². The van der Waals surface area contributed by atoms with E-state index in [1.165, 1.54) is 6.92 Å². The lowest BCUT2D eigenvalue weighted by Gasteiger charge is -2.14. The lowest BCUT2D eigenvalue weighted by atomic mass is 10.1. The van der Waals surface area contributed by atoms with E-state index in [4.69, 9.17) is 5.11 Å². The first-order valence-electron chi connectivity index (χ1n) is 5.44. The van der Waals surface area contributed by atoms with Crippen molar-refractivity contribution in [2.45, 2.75) is 19.4 Å². The molecule has 1 saturated heterocycles. The number of hydrogen-bond acceptors (Lipinski definition) is 3. The summed E-state index contributed by atoms with van der Waals surface area (Å²) < 4.78 is 0. The van der Waals surface area contributed by atoms with E-state index in [9.17, 15) is 9.59 Å². The minimum atomic E-state index is -1.03. The molecule has 0 spiro atoms. The predicted octanol–water partition coefficient (Wildman–Crippen LogP) is -0.290. The van der Waals surface area contributed by atoms with Gasteiger partial charge in [0.05, 0.1) is 0 Å². The van der Waals surface area contributed by atoms with Crippen molar-refractivity contribution in [2.75, 3.05) is 26.7 Å². The van der Waals surface area contributed by atoms with Gasteiger partial charge in [-0.2, -0.15) is 0 Å². The molecule has 3 N–H and O–H groups in total. The van der Waals surface area contributed by atoms with Crippen LogP contribution in [-0.4, -0.2) is 54.7 Å². The number of carbonyl (C=O) groups excluding carboxylic acids is 1. The number of carboxylic acid groups (broad SMARTS) is 1. The molecule has 0 radical (unpaired) electrons. The molecule has 1 aliphatic heterocycles. The normalized spacial score (nSPS) is 22.8. The number of rotatable bonds is 4. The molecule has 16 heavy (non-hydrogen) atoms. The van der Waals surface area contributed by atoms with E-state index in [0.29, 0.717) is 12.5 Å². The molecule has 0 aromatic heterocycles. The Bertz CT molecular complexity index is 270. The average Bonchev–Trinajstić information content (AvgIpc) is 2.61. The number of amides is 2. The average molecular weight is 229 g/mol. The van der Waals surface area contributed by atoms with Crippen molar-refractivity contribution >= 4 is 12.0 Å². The van der Waals surface area contributed by atoms with E-state index < -0.39 is 18.0 Å². The molecule has 2 atom stereocenters. The molecule has 92 valence electrons. The van der Waals surface area contributed by atoms with Crippen LogP contribution < -0.4 is 10.6 Å². The zero-order valence-corrected chi connectivity index (χ0v) is 9.69. The smallest absolute Gasteiger partial charge is 0.325 e. The van der Waals surface area contributed by atoms with Gasteiger partial charge < -0.3 is 20.6 Å². The topological polar surface area (TPSA) is 81.7 Å². The highest BCUT2D eigenvalue weighted by molar-refractivity contribution is 5.82. The van der Waals surface area contributed by atoms with Gasteiger partial charge in [-0.1, -0.05) is 0 Å². The number of carbonyl (C=O) groups is 2. The van der Waals surface area contributed by atoms with Crippen LogP contribution in [0.2, 0.25) is 0 Å². The Morgan fingerprint density at radius 2 is 2.25 bits per heavy atom. The number of nitrogens with one attached hydrogen (secondary N) is 2. The van der Waals surface area contributed by atoms with Crippen LogP contribution in [-0.2, 0) is 4.79 Å². The minimum absolute atomic E-state index is 0.413. The first-order valence-corrected chi connectivity index (χ1v) is 5.44. The highest BCUT2D eigenvalue weighted by Crippen LogP contribution is 2.12. The number of likely N-dealkylation sites (tertiary alicyclic amines) is 1. The number of nitrogens with zero attached hydrogens (tertiary/aromatic N) is 1. The Morgan fingerprint density at radius 3 is 2.75 bits per heavy atom. The molecule has 0 aliphatic carbocycles. The van der Waals surface area contributed by atoms with Crippen molar-refractivity contribution in [2.24, 2.45) is 5.92 Å². The molecule has 0 saturated carbocycles. The maximum Gasteiger partial charge on any atom is 0.325 e. The molecule has 1 fully saturated rings. The maximum absolute atomic E-state index is 11.3. The van der Waals surface area contributed by atoms with Crippen molar-refractivity contribution < 1.29 is 14.7 Å². The molecule has 0 aromatic rings. The van der Waals surface area contributed by atoms with Crippen LogP contribution >= 0.6 is 0 Å². The van der Waals surface area contributed by atoms with Crippen LogP contribution in [0, 0.1) is 5.92 Å². The fraction of sp³-hybridized carbons (Fsp3) is 0.800. The van der Waals surface area contributed by atoms with Gasteiger partial charge in [0.25, 0.3) is 0 Å². The summed E-state index contributed by atoms with van der Waals surface area (Å²) in [5.74, 6) is -0.563. The maximum atomic E-state index is 11.3. The second kappa shape index (κ2) is 5.69. The Kier molecular flexibility index (Phi) is 4.54. The molecule has 0 aromatic carbocycles. The first kappa shape index (κ1) is 12.8. The Balaban J connectivity index is 2.17. The molecule has 6 nitrogen and oxygen atoms in total. The quantitative estimate of drug-likeness (QED) is 0.618. The minimum Gasteiger partial charge on any atom is -0.480 e. The van der Waals surface area contributed by atoms with Gasteiger partial charge in [-0.3, -0.25) is 4.79 Å². The molecule has 0 bridgehead atoms. The second-order valence-electron chi connectivity index (χ2n) is 4.33. The molecule has 6 heteroatoms. The van der Waals surface area contributed by atoms with Gasteiger partial charge in [-0.05, 0) is 32.9 Å². The second-order valence-corrected chi connectivity index (χ2v) is 4.33. The summed E-state index contributed by atoms with van der Waals surface area (Å²) in [6.07, 6.45) is 1.07. The first-order chi connectivity index (χ1) is 7.49. The fourth-order valence-corrected chi connectivity index (χ4v) is 1.74. The summed E-state index contributed by atoms with van der Waals surface area (Å²) >= 11 is 0. The molecular formula is C10H19N3O3. The molecule has 1 rings (SSSR count). The largest absolute Gasteiger partial charge is 0.480 e. The summed E-state index contributed by atoms with van der Waals surface area (Å²) in [5, 5.41) is 13.6. The number of hydrogen-bond donors (Lipinski definition) is 3. The van der Waals surface area contributed by atoms with Gasteiger partial charge in [0.2, 0.25) is 0 Å². The van der Waals surface area contributed by atoms with Gasteiger partial charge in [-0.15, -0.1) is 0 Å². The lowest BCUT2D eigenvalue weighted by Crippen LogP contribution is -2.45. The summed E-state index contributed by atoms with van der Waals surface area (Å²) in [7, 11) is 2.05. The van der Waals surface area contributed by atoms with E-state index in [0.717, 1.165) is 19.5 Å². The number of carboxylic acids is 1. The van der Waals surface area contributed by atoms with Crippen molar-refractivity contribution in [1.29, 1.82) is 0 Å². The third kappa shape index (κ3) is 4.06. The van der Waals surface area contributed by atoms with Crippen molar-refractivity contribution in [3.05, 3.63) is 0 Å². The van der Waals surface area contributed by atoms with Crippen LogP contribution in [0.4, 0.5) is 4.79 Å². The SMILES string of the molecule is CC(NC(=O)NCC1CCN(C)C1)C(=O)O. The summed E-state index contributed by atoms with van der Waals surface area (Å²) in [6.45, 7) is 4.07. The highest BCUT2D eigenvalue weighted by Gasteiger charge is 2.20. The van der Waals surface area contributed by atoms with Crippen molar-refractivity contribution in [1.82, 2.24) is 15.5 Å². The third-order valence-electron chi connectivity index (χ3n) is 2.76. The van der Waals surface area contributed by atoms with E-state index in [-0.39, 0.29) is 0 Å². The van der Waals surface area contributed by atoms with Crippen LogP contribution in [0.3, 0.4) is 0 Å². The molecule has 1 aliphatic rings. The zero-order valence-electron chi connectivity index (χ0n) is 9.69. The lowest BCUT2D eigenvalue weighted by molar-refractivity contribution is -0.138. The molecule has 2 amide bonds. The van der Waals surface area contributed by atoms with Crippen LogP contribution in [0.15, 0.2) is 0 Å². The van der Waals surface area contributed by atoms with Crippen LogP contribution in [0.25, 0.3) is 0 Å². The van der Waals surface area contributed by atoms with Gasteiger partial charge in [0.1, 0.15) is 6.04 Å². The Hall–Kier alpha value is -1.30. The van der Waals surface area contributed by atoms with Crippen molar-refractivity contribution in [3.8, 4) is 0 Å². The molecule has 1 heterocycles. The van der Waals surface area contributed by atoms with E-state index in [1.807, 2.05) is 7.05 Å². The standard InChI is InChI=1S/C10H19N3O3/c1-7(9(14)15)12-10(16)11-5-8-3-4-13(2)6-8/h7-8H,3-6H2,1-2H3,(H,14,15)(H2,11,12,16). The monoisotopic (exact) mass is 229 g/mol. The van der Waals surface area contributed by atoms with Gasteiger partial charge in [0.15, 0.2) is 0 Å². The Morgan fingerprint density at radius 1 is 1.56 bits per heavy atom. The molecular weight excluding hydrogens is 210 g/mol. The number of urea groups is 1. The zero-order chi connectivity index (χ0) is 12.1. The molecule has 2 unspecified atom stereocenters. The van der Waals surface area contributed by atoms with E-state index >= 15 is 0 Å². The highest BCUT2D eigenvalue weighted by atomic mass is 16.4. The predicted molar refractivity (Wildman–Crippen MR) is 59.2 cm³/mol. The third-order valence-corrected chi connectivity index (χ3v) is 2.76. The summed E-state index contributed by atoms with van der Waals surface area (Å²) in [5.41, 5.74) is 0.